The zero-order valence-corrected chi connectivity index (χ0v) is 21.7. The summed E-state index contributed by atoms with van der Waals surface area (Å²) < 4.78 is 50.2. The van der Waals surface area contributed by atoms with Gasteiger partial charge in [-0.15, -0.1) is 0 Å². The van der Waals surface area contributed by atoms with Crippen LogP contribution in [0.15, 0.2) is 47.4 Å². The summed E-state index contributed by atoms with van der Waals surface area (Å²) in [6.45, 7) is 0.482. The number of hydrogen-bond donors (Lipinski definition) is 2. The van der Waals surface area contributed by atoms with Crippen molar-refractivity contribution in [2.45, 2.75) is 23.5 Å². The van der Waals surface area contributed by atoms with Crippen molar-refractivity contribution in [3.8, 4) is 0 Å². The molecule has 4 rings (SSSR count). The number of amides is 1. The van der Waals surface area contributed by atoms with Crippen LogP contribution < -0.4 is 5.32 Å². The Morgan fingerprint density at radius 1 is 1.24 bits per heavy atom. The standard InChI is InChI=1S/C25H26ClFN2O7S/c1-15-7-19(26)18-9-22(29(2)21(18)8-15)24(32)28-20(10-30)16-3-5-17(6-4-16)37(33,34)11-23(31)36-14-25(27)12-35-13-25/h3-9,20,30H,10-14H2,1-2H3,(H,28,32)/t20-/m1/s1. The first-order valence-corrected chi connectivity index (χ1v) is 13.4. The summed E-state index contributed by atoms with van der Waals surface area (Å²) in [4.78, 5) is 24.8. The van der Waals surface area contributed by atoms with E-state index in [4.69, 9.17) is 21.1 Å². The Morgan fingerprint density at radius 2 is 1.92 bits per heavy atom. The van der Waals surface area contributed by atoms with Crippen molar-refractivity contribution in [3.05, 3.63) is 64.3 Å². The molecule has 0 spiro atoms. The second-order valence-corrected chi connectivity index (χ2v) is 11.5. The summed E-state index contributed by atoms with van der Waals surface area (Å²) in [5, 5.41) is 13.9. The van der Waals surface area contributed by atoms with E-state index < -0.39 is 52.4 Å². The number of carbonyl (C=O) groups is 2. The first-order valence-electron chi connectivity index (χ1n) is 11.3. The van der Waals surface area contributed by atoms with Crippen molar-refractivity contribution < 1.29 is 37.0 Å². The molecule has 198 valence electrons. The zero-order valence-electron chi connectivity index (χ0n) is 20.2. The van der Waals surface area contributed by atoms with E-state index in [0.717, 1.165) is 16.5 Å². The fourth-order valence-corrected chi connectivity index (χ4v) is 5.44. The van der Waals surface area contributed by atoms with Crippen LogP contribution in [0.4, 0.5) is 4.39 Å². The Morgan fingerprint density at radius 3 is 2.51 bits per heavy atom. The van der Waals surface area contributed by atoms with Crippen LogP contribution >= 0.6 is 11.6 Å². The number of esters is 1. The number of nitrogens with one attached hydrogen (secondary N) is 1. The minimum absolute atomic E-state index is 0.156. The molecule has 0 radical (unpaired) electrons. The topological polar surface area (TPSA) is 124 Å². The lowest BCUT2D eigenvalue weighted by Crippen LogP contribution is -2.49. The number of aliphatic hydroxyl groups excluding tert-OH is 1. The molecule has 2 aromatic carbocycles. The first-order chi connectivity index (χ1) is 17.4. The second-order valence-electron chi connectivity index (χ2n) is 9.11. The molecule has 1 fully saturated rings. The van der Waals surface area contributed by atoms with Crippen LogP contribution in [0.3, 0.4) is 0 Å². The van der Waals surface area contributed by atoms with Crippen LogP contribution in [0.1, 0.15) is 27.7 Å². The minimum atomic E-state index is -4.05. The van der Waals surface area contributed by atoms with Gasteiger partial charge < -0.3 is 24.5 Å². The number of halogens is 2. The number of hydrogen-bond acceptors (Lipinski definition) is 7. The maximum Gasteiger partial charge on any atom is 0.321 e. The van der Waals surface area contributed by atoms with Crippen LogP contribution in [-0.4, -0.2) is 67.8 Å². The van der Waals surface area contributed by atoms with Crippen molar-refractivity contribution in [2.75, 3.05) is 32.2 Å². The quantitative estimate of drug-likeness (QED) is 0.391. The zero-order chi connectivity index (χ0) is 27.0. The van der Waals surface area contributed by atoms with Gasteiger partial charge in [0.25, 0.3) is 5.91 Å². The van der Waals surface area contributed by atoms with E-state index in [1.807, 2.05) is 13.0 Å². The molecule has 0 saturated carbocycles. The molecule has 1 amide bonds. The third-order valence-electron chi connectivity index (χ3n) is 6.14. The highest BCUT2D eigenvalue weighted by atomic mass is 35.5. The van der Waals surface area contributed by atoms with Gasteiger partial charge in [-0.3, -0.25) is 9.59 Å². The van der Waals surface area contributed by atoms with Gasteiger partial charge in [0, 0.05) is 12.4 Å². The average molecular weight is 553 g/mol. The van der Waals surface area contributed by atoms with Crippen LogP contribution in [0, 0.1) is 6.92 Å². The van der Waals surface area contributed by atoms with Crippen molar-refractivity contribution in [2.24, 2.45) is 7.05 Å². The predicted molar refractivity (Wildman–Crippen MR) is 134 cm³/mol. The molecule has 9 nitrogen and oxygen atoms in total. The van der Waals surface area contributed by atoms with Gasteiger partial charge in [0.1, 0.15) is 12.3 Å². The Bertz CT molecular complexity index is 1450. The van der Waals surface area contributed by atoms with Gasteiger partial charge in [0.15, 0.2) is 21.3 Å². The number of benzene rings is 2. The Kier molecular flexibility index (Phi) is 7.61. The summed E-state index contributed by atoms with van der Waals surface area (Å²) in [6, 6.07) is 9.96. The van der Waals surface area contributed by atoms with Crippen molar-refractivity contribution in [3.63, 3.8) is 0 Å². The number of nitrogens with zero attached hydrogens (tertiary/aromatic N) is 1. The Labute approximate surface area is 218 Å². The fourth-order valence-electron chi connectivity index (χ4n) is 4.01. The lowest BCUT2D eigenvalue weighted by atomic mass is 10.1. The third kappa shape index (κ3) is 5.80. The molecule has 3 aromatic rings. The molecular formula is C25H26ClFN2O7S. The molecular weight excluding hydrogens is 527 g/mol. The van der Waals surface area contributed by atoms with E-state index in [9.17, 15) is 27.5 Å². The molecule has 0 bridgehead atoms. The van der Waals surface area contributed by atoms with E-state index in [0.29, 0.717) is 16.3 Å². The van der Waals surface area contributed by atoms with Crippen molar-refractivity contribution >= 4 is 44.2 Å². The second kappa shape index (κ2) is 10.4. The van der Waals surface area contributed by atoms with E-state index in [2.05, 4.69) is 5.32 Å². The summed E-state index contributed by atoms with van der Waals surface area (Å²) in [5.41, 5.74) is 0.742. The molecule has 2 heterocycles. The largest absolute Gasteiger partial charge is 0.461 e. The summed E-state index contributed by atoms with van der Waals surface area (Å²) in [6.07, 6.45) is 0. The van der Waals surface area contributed by atoms with E-state index in [1.54, 1.807) is 23.7 Å². The fraction of sp³-hybridized carbons (Fsp3) is 0.360. The van der Waals surface area contributed by atoms with Crippen molar-refractivity contribution in [1.82, 2.24) is 9.88 Å². The minimum Gasteiger partial charge on any atom is -0.461 e. The van der Waals surface area contributed by atoms with Gasteiger partial charge in [-0.05, 0) is 48.4 Å². The van der Waals surface area contributed by atoms with Gasteiger partial charge in [-0.25, -0.2) is 12.8 Å². The number of alkyl halides is 1. The average Bonchev–Trinajstić information content (AvgIpc) is 3.16. The van der Waals surface area contributed by atoms with E-state index in [1.165, 1.54) is 24.3 Å². The smallest absolute Gasteiger partial charge is 0.321 e. The highest BCUT2D eigenvalue weighted by Crippen LogP contribution is 2.28. The van der Waals surface area contributed by atoms with Crippen LogP contribution in [0.25, 0.3) is 10.9 Å². The highest BCUT2D eigenvalue weighted by Gasteiger charge is 2.40. The van der Waals surface area contributed by atoms with Crippen LogP contribution in [0.2, 0.25) is 5.02 Å². The molecule has 2 N–H and O–H groups in total. The molecule has 0 unspecified atom stereocenters. The lowest BCUT2D eigenvalue weighted by Gasteiger charge is -2.32. The number of sulfone groups is 1. The number of ether oxygens (including phenoxy) is 2. The SMILES string of the molecule is Cc1cc(Cl)c2cc(C(=O)N[C@H](CO)c3ccc(S(=O)(=O)CC(=O)OCC4(F)COC4)cc3)n(C)c2c1. The molecule has 1 saturated heterocycles. The number of fused-ring (bicyclic) bond motifs is 1. The number of carbonyl (C=O) groups excluding carboxylic acids is 2. The van der Waals surface area contributed by atoms with Gasteiger partial charge >= 0.3 is 5.97 Å². The van der Waals surface area contributed by atoms with Crippen LogP contribution in [-0.2, 0) is 31.2 Å². The molecule has 37 heavy (non-hydrogen) atoms. The lowest BCUT2D eigenvalue weighted by molar-refractivity contribution is -0.173. The molecule has 0 aliphatic carbocycles. The highest BCUT2D eigenvalue weighted by molar-refractivity contribution is 7.92. The van der Waals surface area contributed by atoms with Gasteiger partial charge in [0.05, 0.1) is 41.3 Å². The third-order valence-corrected chi connectivity index (χ3v) is 8.06. The first kappa shape index (κ1) is 27.1. The summed E-state index contributed by atoms with van der Waals surface area (Å²) in [5.74, 6) is -2.47. The van der Waals surface area contributed by atoms with E-state index >= 15 is 0 Å². The number of aryl methyl sites for hydroxylation is 2. The Hall–Kier alpha value is -2.99. The number of aliphatic hydroxyl groups is 1. The number of rotatable bonds is 9. The van der Waals surface area contributed by atoms with Gasteiger partial charge in [0.2, 0.25) is 0 Å². The van der Waals surface area contributed by atoms with Crippen LogP contribution in [0.5, 0.6) is 0 Å². The Balaban J connectivity index is 1.44. The maximum atomic E-state index is 13.9. The van der Waals surface area contributed by atoms with Gasteiger partial charge in [-0.2, -0.15) is 0 Å². The van der Waals surface area contributed by atoms with E-state index in [-0.39, 0.29) is 18.1 Å². The number of aromatic nitrogens is 1. The molecule has 1 aromatic heterocycles. The maximum absolute atomic E-state index is 13.9. The predicted octanol–water partition coefficient (Wildman–Crippen LogP) is 2.66. The summed E-state index contributed by atoms with van der Waals surface area (Å²) >= 11 is 6.33. The summed E-state index contributed by atoms with van der Waals surface area (Å²) in [7, 11) is -2.32. The monoisotopic (exact) mass is 552 g/mol. The van der Waals surface area contributed by atoms with Gasteiger partial charge in [-0.1, -0.05) is 23.7 Å². The molecule has 1 aliphatic heterocycles. The molecule has 1 atom stereocenters. The molecule has 1 aliphatic rings. The molecule has 12 heteroatoms. The normalized spacial score (nSPS) is 15.7. The van der Waals surface area contributed by atoms with Crippen molar-refractivity contribution in [1.29, 1.82) is 0 Å².